The van der Waals surface area contributed by atoms with Crippen molar-refractivity contribution in [2.24, 2.45) is 0 Å². The smallest absolute Gasteiger partial charge is 0.266 e. The van der Waals surface area contributed by atoms with E-state index in [2.05, 4.69) is 5.32 Å². The number of aliphatic hydroxyl groups is 1. The summed E-state index contributed by atoms with van der Waals surface area (Å²) in [5.41, 5.74) is 0.700. The molecule has 1 amide bonds. The lowest BCUT2D eigenvalue weighted by atomic mass is 9.82. The molecule has 0 aliphatic carbocycles. The summed E-state index contributed by atoms with van der Waals surface area (Å²) < 4.78 is 18.6. The molecule has 2 unspecified atom stereocenters. The number of carbonyl (C=O) groups is 1. The number of nitrogens with one attached hydrogen (secondary N) is 2. The molecule has 7 heteroatoms. The second kappa shape index (κ2) is 9.65. The topological polar surface area (TPSA) is 90.8 Å². The first-order valence-corrected chi connectivity index (χ1v) is 9.17. The van der Waals surface area contributed by atoms with Crippen molar-refractivity contribution >= 4 is 12.0 Å². The maximum absolute atomic E-state index is 13.2. The average Bonchev–Trinajstić information content (AvgIpc) is 2.76. The number of hydrogen-bond donors (Lipinski definition) is 4. The number of hydroxylamine groups is 1. The Labute approximate surface area is 170 Å². The molecule has 2 aromatic carbocycles. The fraction of sp³-hybridized carbons (Fsp3) is 0.318. The Kier molecular flexibility index (Phi) is 7.50. The molecule has 0 fully saturated rings. The van der Waals surface area contributed by atoms with Gasteiger partial charge in [-0.3, -0.25) is 15.3 Å². The van der Waals surface area contributed by atoms with E-state index in [9.17, 15) is 14.3 Å². The van der Waals surface area contributed by atoms with E-state index in [4.69, 9.17) is 9.94 Å². The molecule has 0 aliphatic rings. The molecule has 2 atom stereocenters. The van der Waals surface area contributed by atoms with Gasteiger partial charge in [-0.1, -0.05) is 54.6 Å². The maximum atomic E-state index is 13.2. The van der Waals surface area contributed by atoms with E-state index < -0.39 is 23.7 Å². The first-order chi connectivity index (χ1) is 13.8. The Hall–Kier alpha value is -2.74. The first-order valence-electron chi connectivity index (χ1n) is 9.17. The van der Waals surface area contributed by atoms with Gasteiger partial charge < -0.3 is 9.84 Å². The molecule has 0 heterocycles. The van der Waals surface area contributed by atoms with Crippen LogP contribution in [-0.4, -0.2) is 47.7 Å². The van der Waals surface area contributed by atoms with E-state index in [1.807, 2.05) is 54.6 Å². The number of para-hydroxylation sites is 1. The molecule has 0 bridgehead atoms. The molecule has 2 aromatic rings. The lowest BCUT2D eigenvalue weighted by molar-refractivity contribution is -0.148. The zero-order chi connectivity index (χ0) is 21.5. The van der Waals surface area contributed by atoms with Gasteiger partial charge in [-0.25, -0.2) is 9.87 Å². The first kappa shape index (κ1) is 22.5. The fourth-order valence-electron chi connectivity index (χ4n) is 2.88. The highest BCUT2D eigenvalue weighted by Crippen LogP contribution is 2.29. The van der Waals surface area contributed by atoms with Crippen LogP contribution in [0.25, 0.3) is 17.2 Å². The van der Waals surface area contributed by atoms with Gasteiger partial charge in [0.25, 0.3) is 5.91 Å². The quantitative estimate of drug-likeness (QED) is 0.382. The van der Waals surface area contributed by atoms with Crippen LogP contribution in [0.2, 0.25) is 0 Å². The number of ether oxygens (including phenoxy) is 1. The molecule has 156 valence electrons. The SMILES string of the molecule is COc1ccccc1-c1ccc(C=CCNC(C)(C(=O)NO)C(C)(O)CF)cc1. The summed E-state index contributed by atoms with van der Waals surface area (Å²) in [6.45, 7) is 1.54. The third-order valence-electron chi connectivity index (χ3n) is 5.11. The van der Waals surface area contributed by atoms with Crippen LogP contribution in [0.3, 0.4) is 0 Å². The van der Waals surface area contributed by atoms with Gasteiger partial charge in [0.2, 0.25) is 0 Å². The Morgan fingerprint density at radius 3 is 2.41 bits per heavy atom. The Balaban J connectivity index is 2.08. The van der Waals surface area contributed by atoms with Gasteiger partial charge >= 0.3 is 0 Å². The predicted molar refractivity (Wildman–Crippen MR) is 110 cm³/mol. The molecular formula is C22H27FN2O4. The standard InChI is InChI=1S/C22H27FN2O4/c1-21(27,15-23)22(2,20(26)25-28)24-14-6-7-16-10-12-17(13-11-16)18-8-4-5-9-19(18)29-3/h4-13,24,27-28H,14-15H2,1-3H3,(H,25,26). The minimum atomic E-state index is -2.00. The largest absolute Gasteiger partial charge is 0.496 e. The summed E-state index contributed by atoms with van der Waals surface area (Å²) in [6.07, 6.45) is 3.58. The van der Waals surface area contributed by atoms with E-state index in [0.717, 1.165) is 22.4 Å². The second-order valence-electron chi connectivity index (χ2n) is 7.08. The van der Waals surface area contributed by atoms with E-state index in [-0.39, 0.29) is 6.54 Å². The lowest BCUT2D eigenvalue weighted by Gasteiger charge is -2.39. The summed E-state index contributed by atoms with van der Waals surface area (Å²) in [7, 11) is 1.63. The molecule has 0 radical (unpaired) electrons. The number of amides is 1. The minimum Gasteiger partial charge on any atom is -0.496 e. The number of rotatable bonds is 9. The fourth-order valence-corrected chi connectivity index (χ4v) is 2.88. The highest BCUT2D eigenvalue weighted by Gasteiger charge is 2.49. The van der Waals surface area contributed by atoms with Crippen molar-refractivity contribution in [1.82, 2.24) is 10.8 Å². The highest BCUT2D eigenvalue weighted by atomic mass is 19.1. The molecule has 6 nitrogen and oxygen atoms in total. The van der Waals surface area contributed by atoms with Crippen molar-refractivity contribution < 1.29 is 24.2 Å². The molecule has 29 heavy (non-hydrogen) atoms. The van der Waals surface area contributed by atoms with Crippen molar-refractivity contribution in [1.29, 1.82) is 0 Å². The van der Waals surface area contributed by atoms with Crippen LogP contribution in [0.4, 0.5) is 4.39 Å². The van der Waals surface area contributed by atoms with Crippen LogP contribution in [-0.2, 0) is 4.79 Å². The third-order valence-corrected chi connectivity index (χ3v) is 5.11. The van der Waals surface area contributed by atoms with Crippen molar-refractivity contribution in [3.8, 4) is 16.9 Å². The zero-order valence-corrected chi connectivity index (χ0v) is 16.8. The Bertz CT molecular complexity index is 852. The summed E-state index contributed by atoms with van der Waals surface area (Å²) >= 11 is 0. The minimum absolute atomic E-state index is 0.175. The number of carbonyl (C=O) groups excluding carboxylic acids is 1. The maximum Gasteiger partial charge on any atom is 0.266 e. The monoisotopic (exact) mass is 402 g/mol. The van der Waals surface area contributed by atoms with Crippen LogP contribution >= 0.6 is 0 Å². The van der Waals surface area contributed by atoms with Gasteiger partial charge in [0.05, 0.1) is 7.11 Å². The van der Waals surface area contributed by atoms with Crippen molar-refractivity contribution in [2.75, 3.05) is 20.3 Å². The Morgan fingerprint density at radius 1 is 1.17 bits per heavy atom. The van der Waals surface area contributed by atoms with Gasteiger partial charge in [-0.15, -0.1) is 0 Å². The summed E-state index contributed by atoms with van der Waals surface area (Å²) in [5.74, 6) is -0.129. The molecule has 0 aromatic heterocycles. The molecule has 0 spiro atoms. The summed E-state index contributed by atoms with van der Waals surface area (Å²) in [4.78, 5) is 11.9. The molecular weight excluding hydrogens is 375 g/mol. The van der Waals surface area contributed by atoms with Gasteiger partial charge in [0.1, 0.15) is 23.6 Å². The van der Waals surface area contributed by atoms with Gasteiger partial charge in [0.15, 0.2) is 0 Å². The van der Waals surface area contributed by atoms with E-state index in [0.29, 0.717) is 0 Å². The van der Waals surface area contributed by atoms with Gasteiger partial charge in [0, 0.05) is 12.1 Å². The molecule has 2 rings (SSSR count). The van der Waals surface area contributed by atoms with Crippen molar-refractivity contribution in [3.05, 3.63) is 60.2 Å². The summed E-state index contributed by atoms with van der Waals surface area (Å²) in [5, 5.41) is 21.9. The molecule has 0 saturated carbocycles. The lowest BCUT2D eigenvalue weighted by Crippen LogP contribution is -2.68. The summed E-state index contributed by atoms with van der Waals surface area (Å²) in [6, 6.07) is 15.6. The van der Waals surface area contributed by atoms with E-state index >= 15 is 0 Å². The number of halogens is 1. The van der Waals surface area contributed by atoms with Crippen LogP contribution in [0.1, 0.15) is 19.4 Å². The average molecular weight is 402 g/mol. The van der Waals surface area contributed by atoms with Crippen LogP contribution in [0.15, 0.2) is 54.6 Å². The molecule has 0 aliphatic heterocycles. The molecule has 4 N–H and O–H groups in total. The van der Waals surface area contributed by atoms with Crippen LogP contribution < -0.4 is 15.5 Å². The number of benzene rings is 2. The van der Waals surface area contributed by atoms with Crippen LogP contribution in [0.5, 0.6) is 5.75 Å². The van der Waals surface area contributed by atoms with E-state index in [1.54, 1.807) is 13.2 Å². The number of alkyl halides is 1. The third kappa shape index (κ3) is 5.00. The van der Waals surface area contributed by atoms with Crippen LogP contribution in [0, 0.1) is 0 Å². The number of methoxy groups -OCH3 is 1. The number of hydrogen-bond acceptors (Lipinski definition) is 5. The predicted octanol–water partition coefficient (Wildman–Crippen LogP) is 2.95. The Morgan fingerprint density at radius 2 is 1.83 bits per heavy atom. The second-order valence-corrected chi connectivity index (χ2v) is 7.08. The molecule has 0 saturated heterocycles. The zero-order valence-electron chi connectivity index (χ0n) is 16.8. The van der Waals surface area contributed by atoms with Gasteiger partial charge in [-0.2, -0.15) is 0 Å². The van der Waals surface area contributed by atoms with Gasteiger partial charge in [-0.05, 0) is 31.0 Å². The normalized spacial score (nSPS) is 15.5. The van der Waals surface area contributed by atoms with E-state index in [1.165, 1.54) is 19.3 Å². The van der Waals surface area contributed by atoms with Crippen molar-refractivity contribution in [2.45, 2.75) is 25.0 Å². The highest BCUT2D eigenvalue weighted by molar-refractivity contribution is 5.86. The van der Waals surface area contributed by atoms with Crippen molar-refractivity contribution in [3.63, 3.8) is 0 Å².